The third-order valence-electron chi connectivity index (χ3n) is 2.19. The van der Waals surface area contributed by atoms with Gasteiger partial charge in [-0.25, -0.2) is 4.79 Å². The standard InChI is InChI=1S/C11H14O4/c1-11(14)7-8(4-6-10(12)13)3-5-9(11)15-2/h3-6,14H,7H2,1-2H3,(H,12,13)/b6-4+. The summed E-state index contributed by atoms with van der Waals surface area (Å²) in [7, 11) is 1.49. The number of aliphatic hydroxyl groups is 1. The molecule has 0 aliphatic heterocycles. The van der Waals surface area contributed by atoms with Gasteiger partial charge in [0, 0.05) is 12.5 Å². The Hall–Kier alpha value is -1.55. The summed E-state index contributed by atoms with van der Waals surface area (Å²) in [5.41, 5.74) is -0.315. The van der Waals surface area contributed by atoms with Crippen LogP contribution in [0.3, 0.4) is 0 Å². The van der Waals surface area contributed by atoms with E-state index in [0.717, 1.165) is 11.6 Å². The number of aliphatic carboxylic acids is 1. The minimum atomic E-state index is -1.07. The molecule has 1 aliphatic rings. The minimum Gasteiger partial charge on any atom is -0.498 e. The van der Waals surface area contributed by atoms with Crippen LogP contribution in [-0.4, -0.2) is 28.9 Å². The van der Waals surface area contributed by atoms with Crippen molar-refractivity contribution in [2.45, 2.75) is 18.9 Å². The lowest BCUT2D eigenvalue weighted by molar-refractivity contribution is -0.131. The van der Waals surface area contributed by atoms with Gasteiger partial charge in [-0.05, 0) is 18.6 Å². The van der Waals surface area contributed by atoms with E-state index in [2.05, 4.69) is 0 Å². The summed E-state index contributed by atoms with van der Waals surface area (Å²) in [6, 6.07) is 0. The molecular weight excluding hydrogens is 196 g/mol. The van der Waals surface area contributed by atoms with Crippen molar-refractivity contribution in [1.82, 2.24) is 0 Å². The molecule has 0 bridgehead atoms. The van der Waals surface area contributed by atoms with Crippen molar-refractivity contribution in [1.29, 1.82) is 0 Å². The molecule has 0 aromatic carbocycles. The van der Waals surface area contributed by atoms with Crippen LogP contribution in [0, 0.1) is 0 Å². The second kappa shape index (κ2) is 4.31. The number of carboxylic acids is 1. The van der Waals surface area contributed by atoms with Gasteiger partial charge in [-0.3, -0.25) is 0 Å². The highest BCUT2D eigenvalue weighted by Crippen LogP contribution is 2.29. The fourth-order valence-corrected chi connectivity index (χ4v) is 1.49. The lowest BCUT2D eigenvalue weighted by Gasteiger charge is -2.28. The predicted octanol–water partition coefficient (Wildman–Crippen LogP) is 1.24. The van der Waals surface area contributed by atoms with Crippen LogP contribution >= 0.6 is 0 Å². The molecule has 4 heteroatoms. The second-order valence-electron chi connectivity index (χ2n) is 3.60. The molecule has 82 valence electrons. The number of hydrogen-bond donors (Lipinski definition) is 2. The van der Waals surface area contributed by atoms with Crippen molar-refractivity contribution in [2.75, 3.05) is 7.11 Å². The topological polar surface area (TPSA) is 66.8 Å². The highest BCUT2D eigenvalue weighted by molar-refractivity contribution is 5.80. The molecule has 0 aromatic rings. The van der Waals surface area contributed by atoms with Crippen LogP contribution in [-0.2, 0) is 9.53 Å². The van der Waals surface area contributed by atoms with E-state index in [1.54, 1.807) is 19.1 Å². The van der Waals surface area contributed by atoms with Gasteiger partial charge >= 0.3 is 5.97 Å². The van der Waals surface area contributed by atoms with E-state index in [4.69, 9.17) is 9.84 Å². The van der Waals surface area contributed by atoms with Crippen LogP contribution in [0.4, 0.5) is 0 Å². The third kappa shape index (κ3) is 2.95. The van der Waals surface area contributed by atoms with E-state index in [1.807, 2.05) is 0 Å². The van der Waals surface area contributed by atoms with Gasteiger partial charge < -0.3 is 14.9 Å². The second-order valence-corrected chi connectivity index (χ2v) is 3.60. The van der Waals surface area contributed by atoms with Crippen molar-refractivity contribution >= 4 is 5.97 Å². The molecule has 15 heavy (non-hydrogen) atoms. The Morgan fingerprint density at radius 3 is 2.73 bits per heavy atom. The number of allylic oxidation sites excluding steroid dienone is 3. The van der Waals surface area contributed by atoms with Crippen LogP contribution in [0.5, 0.6) is 0 Å². The summed E-state index contributed by atoms with van der Waals surface area (Å²) in [5, 5.41) is 18.4. The number of carbonyl (C=O) groups is 1. The van der Waals surface area contributed by atoms with Gasteiger partial charge in [-0.1, -0.05) is 12.2 Å². The molecule has 0 radical (unpaired) electrons. The third-order valence-corrected chi connectivity index (χ3v) is 2.19. The highest BCUT2D eigenvalue weighted by atomic mass is 16.5. The van der Waals surface area contributed by atoms with Crippen molar-refractivity contribution in [3.05, 3.63) is 35.6 Å². The normalized spacial score (nSPS) is 26.1. The first-order valence-electron chi connectivity index (χ1n) is 4.54. The van der Waals surface area contributed by atoms with Gasteiger partial charge in [-0.2, -0.15) is 0 Å². The smallest absolute Gasteiger partial charge is 0.328 e. The van der Waals surface area contributed by atoms with Crippen molar-refractivity contribution in [3.8, 4) is 0 Å². The summed E-state index contributed by atoms with van der Waals surface area (Å²) < 4.78 is 5.01. The molecule has 1 aliphatic carbocycles. The average Bonchev–Trinajstić information content (AvgIpc) is 2.13. The van der Waals surface area contributed by atoms with Crippen LogP contribution in [0.25, 0.3) is 0 Å². The minimum absolute atomic E-state index is 0.344. The maximum Gasteiger partial charge on any atom is 0.328 e. The van der Waals surface area contributed by atoms with Gasteiger partial charge in [0.05, 0.1) is 7.11 Å². The van der Waals surface area contributed by atoms with E-state index in [1.165, 1.54) is 13.2 Å². The predicted molar refractivity (Wildman–Crippen MR) is 55.2 cm³/mol. The molecule has 0 saturated heterocycles. The lowest BCUT2D eigenvalue weighted by atomic mass is 9.89. The molecule has 0 heterocycles. The molecule has 1 unspecified atom stereocenters. The Balaban J connectivity index is 2.85. The van der Waals surface area contributed by atoms with Crippen molar-refractivity contribution in [2.24, 2.45) is 0 Å². The van der Waals surface area contributed by atoms with Crippen LogP contribution in [0.2, 0.25) is 0 Å². The summed E-state index contributed by atoms with van der Waals surface area (Å²) in [6.45, 7) is 1.63. The molecule has 0 spiro atoms. The first-order chi connectivity index (χ1) is 6.95. The Labute approximate surface area is 88.2 Å². The Morgan fingerprint density at radius 1 is 1.60 bits per heavy atom. The number of methoxy groups -OCH3 is 1. The van der Waals surface area contributed by atoms with Crippen molar-refractivity contribution in [3.63, 3.8) is 0 Å². The Morgan fingerprint density at radius 2 is 2.27 bits per heavy atom. The SMILES string of the molecule is COC1=CC=C(/C=C/C(=O)O)CC1(C)O. The van der Waals surface area contributed by atoms with E-state index < -0.39 is 11.6 Å². The molecule has 0 saturated carbocycles. The largest absolute Gasteiger partial charge is 0.498 e. The monoisotopic (exact) mass is 210 g/mol. The van der Waals surface area contributed by atoms with Gasteiger partial charge in [0.2, 0.25) is 0 Å². The molecule has 2 N–H and O–H groups in total. The number of rotatable bonds is 3. The molecule has 1 rings (SSSR count). The maximum atomic E-state index is 10.3. The van der Waals surface area contributed by atoms with Crippen molar-refractivity contribution < 1.29 is 19.7 Å². The molecule has 0 fully saturated rings. The van der Waals surface area contributed by atoms with E-state index in [0.29, 0.717) is 12.2 Å². The van der Waals surface area contributed by atoms with Crippen LogP contribution in [0.15, 0.2) is 35.6 Å². The zero-order valence-corrected chi connectivity index (χ0v) is 8.73. The zero-order valence-electron chi connectivity index (χ0n) is 8.73. The Kier molecular flexibility index (Phi) is 3.31. The Bertz CT molecular complexity index is 348. The quantitative estimate of drug-likeness (QED) is 0.688. The molecule has 0 amide bonds. The van der Waals surface area contributed by atoms with E-state index in [-0.39, 0.29) is 0 Å². The fraction of sp³-hybridized carbons (Fsp3) is 0.364. The molecule has 1 atom stereocenters. The summed E-state index contributed by atoms with van der Waals surface area (Å²) in [6.07, 6.45) is 6.24. The van der Waals surface area contributed by atoms with Gasteiger partial charge in [0.15, 0.2) is 0 Å². The van der Waals surface area contributed by atoms with E-state index in [9.17, 15) is 9.90 Å². The number of ether oxygens (including phenoxy) is 1. The first kappa shape index (κ1) is 11.5. The number of hydrogen-bond acceptors (Lipinski definition) is 3. The van der Waals surface area contributed by atoms with Gasteiger partial charge in [0.1, 0.15) is 11.4 Å². The van der Waals surface area contributed by atoms with Gasteiger partial charge in [-0.15, -0.1) is 0 Å². The average molecular weight is 210 g/mol. The van der Waals surface area contributed by atoms with Crippen LogP contribution < -0.4 is 0 Å². The van der Waals surface area contributed by atoms with Gasteiger partial charge in [0.25, 0.3) is 0 Å². The zero-order chi connectivity index (χ0) is 11.5. The molecule has 4 nitrogen and oxygen atoms in total. The molecular formula is C11H14O4. The van der Waals surface area contributed by atoms with E-state index >= 15 is 0 Å². The summed E-state index contributed by atoms with van der Waals surface area (Å²) in [4.78, 5) is 10.3. The number of carboxylic acid groups (broad SMARTS) is 1. The summed E-state index contributed by atoms with van der Waals surface area (Å²) >= 11 is 0. The lowest BCUT2D eigenvalue weighted by Crippen LogP contribution is -2.30. The first-order valence-corrected chi connectivity index (χ1v) is 4.54. The highest BCUT2D eigenvalue weighted by Gasteiger charge is 2.29. The fourth-order valence-electron chi connectivity index (χ4n) is 1.49. The molecule has 0 aromatic heterocycles. The van der Waals surface area contributed by atoms with Crippen LogP contribution in [0.1, 0.15) is 13.3 Å². The maximum absolute atomic E-state index is 10.3. The summed E-state index contributed by atoms with van der Waals surface area (Å²) in [5.74, 6) is -0.521.